The number of benzene rings is 2. The number of aryl methyl sites for hydroxylation is 1. The van der Waals surface area contributed by atoms with Gasteiger partial charge in [0.15, 0.2) is 11.3 Å². The van der Waals surface area contributed by atoms with Crippen LogP contribution >= 0.6 is 0 Å². The average molecular weight is 452 g/mol. The van der Waals surface area contributed by atoms with Gasteiger partial charge in [-0.05, 0) is 49.1 Å². The molecule has 7 nitrogen and oxygen atoms in total. The van der Waals surface area contributed by atoms with Gasteiger partial charge in [0.2, 0.25) is 0 Å². The lowest BCUT2D eigenvalue weighted by molar-refractivity contribution is 0.0209. The lowest BCUT2D eigenvalue weighted by Crippen LogP contribution is -2.51. The fourth-order valence-electron chi connectivity index (χ4n) is 4.86. The fourth-order valence-corrected chi connectivity index (χ4v) is 4.86. The van der Waals surface area contributed by atoms with E-state index in [2.05, 4.69) is 34.3 Å². The topological polar surface area (TPSA) is 98.6 Å². The number of fused-ring (bicyclic) bond motifs is 3. The molecule has 0 bridgehead atoms. The van der Waals surface area contributed by atoms with Gasteiger partial charge in [-0.25, -0.2) is 9.97 Å². The highest BCUT2D eigenvalue weighted by Crippen LogP contribution is 2.40. The number of aliphatic hydroxyl groups is 1. The third-order valence-corrected chi connectivity index (χ3v) is 6.69. The van der Waals surface area contributed by atoms with Crippen molar-refractivity contribution in [1.82, 2.24) is 19.6 Å². The number of aliphatic hydroxyl groups excluding tert-OH is 1. The summed E-state index contributed by atoms with van der Waals surface area (Å²) in [5, 5.41) is 15.3. The maximum atomic E-state index is 9.76. The standard InChI is InChI=1S/C27H25N5O2/c1-16-10-24-29-15-19-12-23(18-4-3-5-22(11-18)34-2)25(30-26(19)32(24)31-16)17-6-8-20(9-7-17)27(28)13-21(33)14-27/h3-12,15,21,33H,13-14,28H2,1-2H3. The Balaban J connectivity index is 1.56. The Morgan fingerprint density at radius 1 is 1.06 bits per heavy atom. The summed E-state index contributed by atoms with van der Waals surface area (Å²) in [6.45, 7) is 1.95. The molecule has 7 heteroatoms. The first kappa shape index (κ1) is 20.8. The highest BCUT2D eigenvalue weighted by Gasteiger charge is 2.41. The van der Waals surface area contributed by atoms with Gasteiger partial charge in [0.1, 0.15) is 5.75 Å². The second kappa shape index (κ2) is 7.62. The monoisotopic (exact) mass is 451 g/mol. The van der Waals surface area contributed by atoms with E-state index in [1.807, 2.05) is 49.5 Å². The zero-order valence-corrected chi connectivity index (χ0v) is 19.1. The van der Waals surface area contributed by atoms with Crippen LogP contribution in [0.15, 0.2) is 66.9 Å². The lowest BCUT2D eigenvalue weighted by atomic mass is 9.70. The largest absolute Gasteiger partial charge is 0.497 e. The zero-order valence-electron chi connectivity index (χ0n) is 19.1. The van der Waals surface area contributed by atoms with E-state index in [4.69, 9.17) is 15.5 Å². The van der Waals surface area contributed by atoms with Gasteiger partial charge >= 0.3 is 0 Å². The van der Waals surface area contributed by atoms with E-state index < -0.39 is 5.54 Å². The maximum Gasteiger partial charge on any atom is 0.165 e. The third kappa shape index (κ3) is 3.32. The predicted octanol–water partition coefficient (Wildman–Crippen LogP) is 4.24. The normalized spacial score (nSPS) is 19.9. The number of ether oxygens (including phenoxy) is 1. The predicted molar refractivity (Wildman–Crippen MR) is 132 cm³/mol. The first-order valence-corrected chi connectivity index (χ1v) is 11.3. The van der Waals surface area contributed by atoms with E-state index in [1.165, 1.54) is 0 Å². The molecule has 0 atom stereocenters. The van der Waals surface area contributed by atoms with Crippen LogP contribution in [0.4, 0.5) is 0 Å². The van der Waals surface area contributed by atoms with Gasteiger partial charge in [0, 0.05) is 34.3 Å². The molecule has 0 aliphatic heterocycles. The molecule has 1 aliphatic rings. The number of pyridine rings is 1. The minimum atomic E-state index is -0.463. The van der Waals surface area contributed by atoms with Crippen LogP contribution in [0.1, 0.15) is 24.1 Å². The number of rotatable bonds is 4. The van der Waals surface area contributed by atoms with Gasteiger partial charge in [0.05, 0.1) is 24.6 Å². The first-order valence-electron chi connectivity index (χ1n) is 11.3. The van der Waals surface area contributed by atoms with E-state index in [9.17, 15) is 5.11 Å². The molecule has 2 aromatic carbocycles. The summed E-state index contributed by atoms with van der Waals surface area (Å²) in [5.74, 6) is 0.781. The summed E-state index contributed by atoms with van der Waals surface area (Å²) >= 11 is 0. The summed E-state index contributed by atoms with van der Waals surface area (Å²) in [4.78, 5) is 9.67. The van der Waals surface area contributed by atoms with Crippen LogP contribution in [0.3, 0.4) is 0 Å². The fraction of sp³-hybridized carbons (Fsp3) is 0.222. The molecular weight excluding hydrogens is 426 g/mol. The van der Waals surface area contributed by atoms with Crippen molar-refractivity contribution in [2.75, 3.05) is 7.11 Å². The summed E-state index contributed by atoms with van der Waals surface area (Å²) < 4.78 is 7.26. The van der Waals surface area contributed by atoms with E-state index in [1.54, 1.807) is 11.6 Å². The number of hydrogen-bond donors (Lipinski definition) is 2. The molecule has 34 heavy (non-hydrogen) atoms. The van der Waals surface area contributed by atoms with Gasteiger partial charge in [-0.2, -0.15) is 9.61 Å². The van der Waals surface area contributed by atoms with Gasteiger partial charge in [-0.15, -0.1) is 0 Å². The molecule has 1 saturated carbocycles. The summed E-state index contributed by atoms with van der Waals surface area (Å²) in [7, 11) is 1.66. The Bertz CT molecular complexity index is 1530. The molecular formula is C27H25N5O2. The molecule has 0 radical (unpaired) electrons. The van der Waals surface area contributed by atoms with Crippen LogP contribution in [-0.2, 0) is 5.54 Å². The summed E-state index contributed by atoms with van der Waals surface area (Å²) in [6, 6.07) is 20.2. The van der Waals surface area contributed by atoms with Gasteiger partial charge in [-0.1, -0.05) is 36.4 Å². The number of methoxy groups -OCH3 is 1. The molecule has 0 spiro atoms. The number of hydrogen-bond acceptors (Lipinski definition) is 6. The summed E-state index contributed by atoms with van der Waals surface area (Å²) in [6.07, 6.45) is 2.69. The highest BCUT2D eigenvalue weighted by molar-refractivity contribution is 5.91. The van der Waals surface area contributed by atoms with Crippen molar-refractivity contribution in [2.45, 2.75) is 31.4 Å². The average Bonchev–Trinajstić information content (AvgIpc) is 3.23. The van der Waals surface area contributed by atoms with Crippen LogP contribution in [0.25, 0.3) is 39.1 Å². The lowest BCUT2D eigenvalue weighted by Gasteiger charge is -2.42. The van der Waals surface area contributed by atoms with Crippen molar-refractivity contribution in [3.05, 3.63) is 78.1 Å². The van der Waals surface area contributed by atoms with Crippen LogP contribution in [-0.4, -0.2) is 37.9 Å². The highest BCUT2D eigenvalue weighted by atomic mass is 16.5. The van der Waals surface area contributed by atoms with Crippen molar-refractivity contribution in [3.63, 3.8) is 0 Å². The van der Waals surface area contributed by atoms with Crippen LogP contribution in [0, 0.1) is 6.92 Å². The molecule has 1 fully saturated rings. The quantitative estimate of drug-likeness (QED) is 0.424. The van der Waals surface area contributed by atoms with Crippen LogP contribution in [0.2, 0.25) is 0 Å². The van der Waals surface area contributed by atoms with Crippen molar-refractivity contribution >= 4 is 16.7 Å². The Labute approximate surface area is 196 Å². The molecule has 0 saturated heterocycles. The molecule has 3 N–H and O–H groups in total. The van der Waals surface area contributed by atoms with Gasteiger partial charge in [0.25, 0.3) is 0 Å². The zero-order chi connectivity index (χ0) is 23.4. The van der Waals surface area contributed by atoms with E-state index in [0.29, 0.717) is 12.8 Å². The number of nitrogens with two attached hydrogens (primary N) is 1. The van der Waals surface area contributed by atoms with E-state index >= 15 is 0 Å². The third-order valence-electron chi connectivity index (χ3n) is 6.69. The maximum absolute atomic E-state index is 9.76. The molecule has 5 aromatic rings. The molecule has 6 rings (SSSR count). The second-order valence-corrected chi connectivity index (χ2v) is 9.14. The van der Waals surface area contributed by atoms with E-state index in [-0.39, 0.29) is 6.10 Å². The minimum Gasteiger partial charge on any atom is -0.497 e. The van der Waals surface area contributed by atoms with Crippen molar-refractivity contribution in [2.24, 2.45) is 5.73 Å². The molecule has 0 unspecified atom stereocenters. The molecule has 1 aliphatic carbocycles. The Hall–Kier alpha value is -3.81. The van der Waals surface area contributed by atoms with Gasteiger partial charge < -0.3 is 15.6 Å². The molecule has 170 valence electrons. The van der Waals surface area contributed by atoms with Crippen LogP contribution in [0.5, 0.6) is 5.75 Å². The van der Waals surface area contributed by atoms with Crippen molar-refractivity contribution in [3.8, 4) is 28.1 Å². The molecule has 3 heterocycles. The smallest absolute Gasteiger partial charge is 0.165 e. The Morgan fingerprint density at radius 3 is 2.59 bits per heavy atom. The minimum absolute atomic E-state index is 0.319. The Kier molecular flexibility index (Phi) is 4.65. The number of aromatic nitrogens is 4. The Morgan fingerprint density at radius 2 is 1.85 bits per heavy atom. The second-order valence-electron chi connectivity index (χ2n) is 9.14. The first-order chi connectivity index (χ1) is 16.4. The van der Waals surface area contributed by atoms with Gasteiger partial charge in [-0.3, -0.25) is 0 Å². The van der Waals surface area contributed by atoms with E-state index in [0.717, 1.165) is 56.1 Å². The molecule has 0 amide bonds. The molecule has 3 aromatic heterocycles. The SMILES string of the molecule is COc1cccc(-c2cc3cnc4cc(C)nn4c3nc2-c2ccc(C3(N)CC(O)C3)cc2)c1. The number of nitrogens with zero attached hydrogens (tertiary/aromatic N) is 4. The van der Waals surface area contributed by atoms with Crippen LogP contribution < -0.4 is 10.5 Å². The summed E-state index contributed by atoms with van der Waals surface area (Å²) in [5.41, 5.74) is 13.2. The van der Waals surface area contributed by atoms with Crippen molar-refractivity contribution in [1.29, 1.82) is 0 Å². The van der Waals surface area contributed by atoms with Crippen molar-refractivity contribution < 1.29 is 9.84 Å².